The first kappa shape index (κ1) is 23.5. The molecule has 0 saturated carbocycles. The second kappa shape index (κ2) is 10.1. The fourth-order valence-corrected chi connectivity index (χ4v) is 6.02. The van der Waals surface area contributed by atoms with Crippen LogP contribution in [0.2, 0.25) is 0 Å². The number of benzene rings is 2. The van der Waals surface area contributed by atoms with Crippen molar-refractivity contribution in [3.8, 4) is 0 Å². The molecule has 2 aromatic rings. The van der Waals surface area contributed by atoms with E-state index in [1.165, 1.54) is 16.4 Å². The third-order valence-corrected chi connectivity index (χ3v) is 8.15. The summed E-state index contributed by atoms with van der Waals surface area (Å²) in [5.41, 5.74) is 2.30. The quantitative estimate of drug-likeness (QED) is 0.449. The molecule has 0 aromatic heterocycles. The van der Waals surface area contributed by atoms with Crippen molar-refractivity contribution in [2.45, 2.75) is 30.7 Å². The van der Waals surface area contributed by atoms with E-state index in [-0.39, 0.29) is 10.6 Å². The predicted octanol–water partition coefficient (Wildman–Crippen LogP) is 3.24. The van der Waals surface area contributed by atoms with Crippen LogP contribution in [0.15, 0.2) is 47.4 Å². The van der Waals surface area contributed by atoms with E-state index in [4.69, 9.17) is 4.74 Å². The minimum absolute atomic E-state index is 0.0260. The van der Waals surface area contributed by atoms with Crippen molar-refractivity contribution < 1.29 is 18.1 Å². The molecule has 0 N–H and O–H groups in total. The molecule has 0 atom stereocenters. The molecular weight excluding hydrogens is 444 g/mol. The SMILES string of the molecule is CN(Cc1ccccc1N1CCOCC1)c1ccc(S(=O)(=O)N2CCCCC2)cc1[N+](=O)[O-]. The molecule has 0 aliphatic carbocycles. The molecule has 0 radical (unpaired) electrons. The maximum Gasteiger partial charge on any atom is 0.293 e. The summed E-state index contributed by atoms with van der Waals surface area (Å²) < 4.78 is 32.9. The Kier molecular flexibility index (Phi) is 7.16. The van der Waals surface area contributed by atoms with Crippen molar-refractivity contribution in [3.63, 3.8) is 0 Å². The topological polar surface area (TPSA) is 96.2 Å². The van der Waals surface area contributed by atoms with Gasteiger partial charge in [-0.3, -0.25) is 10.1 Å². The van der Waals surface area contributed by atoms with Gasteiger partial charge in [-0.05, 0) is 36.6 Å². The largest absolute Gasteiger partial charge is 0.378 e. The number of hydrogen-bond acceptors (Lipinski definition) is 7. The second-order valence-electron chi connectivity index (χ2n) is 8.46. The normalized spacial score (nSPS) is 17.7. The van der Waals surface area contributed by atoms with Crippen LogP contribution in [0.25, 0.3) is 0 Å². The number of hydrogen-bond donors (Lipinski definition) is 0. The third-order valence-electron chi connectivity index (χ3n) is 6.26. The molecule has 2 saturated heterocycles. The Morgan fingerprint density at radius 3 is 2.42 bits per heavy atom. The lowest BCUT2D eigenvalue weighted by Crippen LogP contribution is -2.37. The highest BCUT2D eigenvalue weighted by Crippen LogP contribution is 2.33. The van der Waals surface area contributed by atoms with Gasteiger partial charge in [0.05, 0.1) is 23.0 Å². The van der Waals surface area contributed by atoms with E-state index in [2.05, 4.69) is 11.0 Å². The highest BCUT2D eigenvalue weighted by Gasteiger charge is 2.29. The Hall–Kier alpha value is -2.69. The van der Waals surface area contributed by atoms with Gasteiger partial charge in [0, 0.05) is 51.5 Å². The van der Waals surface area contributed by atoms with Gasteiger partial charge in [-0.2, -0.15) is 4.31 Å². The molecular formula is C23H30N4O5S. The van der Waals surface area contributed by atoms with Gasteiger partial charge in [-0.15, -0.1) is 0 Å². The molecule has 10 heteroatoms. The smallest absolute Gasteiger partial charge is 0.293 e. The minimum Gasteiger partial charge on any atom is -0.378 e. The van der Waals surface area contributed by atoms with E-state index in [0.717, 1.165) is 43.6 Å². The van der Waals surface area contributed by atoms with Crippen LogP contribution in [-0.2, 0) is 21.3 Å². The standard InChI is InChI=1S/C23H30N4O5S/c1-24(18-19-7-3-4-8-21(19)25-13-15-32-16-14-25)22-10-9-20(17-23(22)27(28)29)33(30,31)26-11-5-2-6-12-26/h3-4,7-10,17H,2,5-6,11-16,18H2,1H3. The Labute approximate surface area is 194 Å². The molecule has 2 aromatic carbocycles. The maximum atomic E-state index is 13.0. The van der Waals surface area contributed by atoms with E-state index >= 15 is 0 Å². The fourth-order valence-electron chi connectivity index (χ4n) is 4.49. The Bertz CT molecular complexity index is 1100. The van der Waals surface area contributed by atoms with Crippen LogP contribution < -0.4 is 9.80 Å². The number of morpholine rings is 1. The highest BCUT2D eigenvalue weighted by molar-refractivity contribution is 7.89. The van der Waals surface area contributed by atoms with Gasteiger partial charge in [0.2, 0.25) is 10.0 Å². The average Bonchev–Trinajstić information content (AvgIpc) is 2.85. The summed E-state index contributed by atoms with van der Waals surface area (Å²) in [6.07, 6.45) is 2.62. The molecule has 0 bridgehead atoms. The first-order chi connectivity index (χ1) is 15.9. The zero-order valence-electron chi connectivity index (χ0n) is 18.9. The van der Waals surface area contributed by atoms with Crippen LogP contribution in [0.1, 0.15) is 24.8 Å². The molecule has 2 fully saturated rings. The van der Waals surface area contributed by atoms with Gasteiger partial charge in [0.15, 0.2) is 0 Å². The van der Waals surface area contributed by atoms with Crippen molar-refractivity contribution in [2.24, 2.45) is 0 Å². The second-order valence-corrected chi connectivity index (χ2v) is 10.4. The number of sulfonamides is 1. The van der Waals surface area contributed by atoms with Gasteiger partial charge < -0.3 is 14.5 Å². The van der Waals surface area contributed by atoms with Crippen molar-refractivity contribution in [1.29, 1.82) is 0 Å². The van der Waals surface area contributed by atoms with E-state index < -0.39 is 14.9 Å². The number of para-hydroxylation sites is 1. The molecule has 0 amide bonds. The Morgan fingerprint density at radius 2 is 1.73 bits per heavy atom. The van der Waals surface area contributed by atoms with Gasteiger partial charge >= 0.3 is 0 Å². The number of nitro groups is 1. The molecule has 4 rings (SSSR count). The molecule has 2 aliphatic rings. The molecule has 0 unspecified atom stereocenters. The summed E-state index contributed by atoms with van der Waals surface area (Å²) in [5.74, 6) is 0. The maximum absolute atomic E-state index is 13.0. The van der Waals surface area contributed by atoms with E-state index in [0.29, 0.717) is 38.5 Å². The van der Waals surface area contributed by atoms with Crippen molar-refractivity contribution >= 4 is 27.1 Å². The third kappa shape index (κ3) is 5.13. The number of anilines is 2. The summed E-state index contributed by atoms with van der Waals surface area (Å²) in [6, 6.07) is 12.2. The number of nitro benzene ring substituents is 1. The first-order valence-electron chi connectivity index (χ1n) is 11.3. The van der Waals surface area contributed by atoms with Crippen LogP contribution in [0.3, 0.4) is 0 Å². The molecule has 2 heterocycles. The lowest BCUT2D eigenvalue weighted by Gasteiger charge is -2.31. The van der Waals surface area contributed by atoms with Crippen LogP contribution >= 0.6 is 0 Å². The predicted molar refractivity (Wildman–Crippen MR) is 127 cm³/mol. The summed E-state index contributed by atoms with van der Waals surface area (Å²) in [6.45, 7) is 4.29. The molecule has 2 aliphatic heterocycles. The molecule has 33 heavy (non-hydrogen) atoms. The van der Waals surface area contributed by atoms with Crippen LogP contribution in [0.5, 0.6) is 0 Å². The van der Waals surface area contributed by atoms with Crippen LogP contribution in [-0.4, -0.2) is 64.1 Å². The minimum atomic E-state index is -3.75. The highest BCUT2D eigenvalue weighted by atomic mass is 32.2. The lowest BCUT2D eigenvalue weighted by atomic mass is 10.1. The van der Waals surface area contributed by atoms with Crippen LogP contribution in [0.4, 0.5) is 17.1 Å². The Balaban J connectivity index is 1.61. The lowest BCUT2D eigenvalue weighted by molar-refractivity contribution is -0.384. The molecule has 0 spiro atoms. The number of piperidine rings is 1. The van der Waals surface area contributed by atoms with Gasteiger partial charge in [-0.25, -0.2) is 8.42 Å². The molecule has 9 nitrogen and oxygen atoms in total. The average molecular weight is 475 g/mol. The first-order valence-corrected chi connectivity index (χ1v) is 12.7. The number of rotatable bonds is 7. The monoisotopic (exact) mass is 474 g/mol. The van der Waals surface area contributed by atoms with Gasteiger partial charge in [-0.1, -0.05) is 24.6 Å². The number of ether oxygens (including phenoxy) is 1. The van der Waals surface area contributed by atoms with Crippen molar-refractivity contribution in [1.82, 2.24) is 4.31 Å². The summed E-state index contributed by atoms with van der Waals surface area (Å²) in [7, 11) is -1.96. The zero-order chi connectivity index (χ0) is 23.4. The Morgan fingerprint density at radius 1 is 1.03 bits per heavy atom. The number of nitrogens with zero attached hydrogens (tertiary/aromatic N) is 4. The summed E-state index contributed by atoms with van der Waals surface area (Å²) >= 11 is 0. The van der Waals surface area contributed by atoms with Gasteiger partial charge in [0.25, 0.3) is 5.69 Å². The van der Waals surface area contributed by atoms with Crippen LogP contribution in [0, 0.1) is 10.1 Å². The van der Waals surface area contributed by atoms with E-state index in [9.17, 15) is 18.5 Å². The summed E-state index contributed by atoms with van der Waals surface area (Å²) in [5, 5.41) is 11.9. The fraction of sp³-hybridized carbons (Fsp3) is 0.478. The van der Waals surface area contributed by atoms with Gasteiger partial charge in [0.1, 0.15) is 5.69 Å². The van der Waals surface area contributed by atoms with Crippen molar-refractivity contribution in [3.05, 3.63) is 58.1 Å². The zero-order valence-corrected chi connectivity index (χ0v) is 19.7. The molecule has 178 valence electrons. The van der Waals surface area contributed by atoms with E-state index in [1.54, 1.807) is 18.0 Å². The van der Waals surface area contributed by atoms with E-state index in [1.807, 2.05) is 18.2 Å². The summed E-state index contributed by atoms with van der Waals surface area (Å²) in [4.78, 5) is 15.4. The van der Waals surface area contributed by atoms with Crippen molar-refractivity contribution in [2.75, 3.05) is 56.2 Å².